The molecule has 3 rings (SSSR count). The molecule has 0 aliphatic heterocycles. The second-order valence-electron chi connectivity index (χ2n) is 6.06. The lowest BCUT2D eigenvalue weighted by Crippen LogP contribution is -2.04. The minimum Gasteiger partial charge on any atom is -0.490 e. The Bertz CT molecular complexity index is 1080. The first-order valence-electron chi connectivity index (χ1n) is 9.13. The fourth-order valence-electron chi connectivity index (χ4n) is 2.74. The van der Waals surface area contributed by atoms with Crippen LogP contribution in [0.5, 0.6) is 11.5 Å². The molecule has 0 spiro atoms. The molecule has 0 amide bonds. The smallest absolute Gasteiger partial charge is 0.315 e. The number of nitriles is 1. The molecule has 3 aromatic rings. The van der Waals surface area contributed by atoms with E-state index in [1.165, 1.54) is 17.4 Å². The molecule has 0 aliphatic carbocycles. The maximum Gasteiger partial charge on any atom is 0.315 e. The number of hydrogen-bond acceptors (Lipinski definition) is 7. The summed E-state index contributed by atoms with van der Waals surface area (Å²) in [7, 11) is 0. The number of thiazole rings is 1. The maximum atomic E-state index is 11.6. The van der Waals surface area contributed by atoms with Crippen LogP contribution >= 0.6 is 11.3 Å². The highest BCUT2D eigenvalue weighted by molar-refractivity contribution is 7.19. The molecule has 29 heavy (non-hydrogen) atoms. The van der Waals surface area contributed by atoms with Crippen LogP contribution in [0.3, 0.4) is 0 Å². The van der Waals surface area contributed by atoms with E-state index in [1.807, 2.05) is 31.2 Å². The first-order chi connectivity index (χ1) is 14.1. The number of benzene rings is 2. The van der Waals surface area contributed by atoms with Gasteiger partial charge in [0, 0.05) is 6.07 Å². The first-order valence-corrected chi connectivity index (χ1v) is 9.94. The van der Waals surface area contributed by atoms with Gasteiger partial charge in [0.05, 0.1) is 33.9 Å². The van der Waals surface area contributed by atoms with Crippen molar-refractivity contribution in [3.63, 3.8) is 0 Å². The Labute approximate surface area is 172 Å². The second kappa shape index (κ2) is 9.17. The fourth-order valence-corrected chi connectivity index (χ4v) is 3.67. The van der Waals surface area contributed by atoms with Gasteiger partial charge in [0.15, 0.2) is 5.75 Å². The average Bonchev–Trinajstić information content (AvgIpc) is 3.15. The van der Waals surface area contributed by atoms with E-state index in [0.29, 0.717) is 35.8 Å². The summed E-state index contributed by atoms with van der Waals surface area (Å²) in [5.74, 6) is 0.386. The van der Waals surface area contributed by atoms with E-state index in [-0.39, 0.29) is 17.2 Å². The van der Waals surface area contributed by atoms with Crippen molar-refractivity contribution in [2.75, 3.05) is 13.2 Å². The molecule has 1 aromatic heterocycles. The summed E-state index contributed by atoms with van der Waals surface area (Å²) in [4.78, 5) is 15.6. The molecule has 0 unspecified atom stereocenters. The molecule has 0 bridgehead atoms. The summed E-state index contributed by atoms with van der Waals surface area (Å²) in [5.41, 5.74) is 1.40. The van der Waals surface area contributed by atoms with Crippen LogP contribution < -0.4 is 9.47 Å². The van der Waals surface area contributed by atoms with Gasteiger partial charge in [0.2, 0.25) is 5.75 Å². The molecular formula is C21H19N3O4S. The van der Waals surface area contributed by atoms with Crippen LogP contribution in [0.4, 0.5) is 5.69 Å². The highest BCUT2D eigenvalue weighted by Gasteiger charge is 2.22. The van der Waals surface area contributed by atoms with Crippen LogP contribution in [0, 0.1) is 21.4 Å². The lowest BCUT2D eigenvalue weighted by atomic mass is 10.1. The highest BCUT2D eigenvalue weighted by Crippen LogP contribution is 2.40. The molecular weight excluding hydrogens is 390 g/mol. The van der Waals surface area contributed by atoms with Gasteiger partial charge in [-0.25, -0.2) is 4.98 Å². The number of nitro benzene ring substituents is 1. The molecule has 0 aliphatic rings. The SMILES string of the molecule is CCCOc1c(OCC)cc(/C=C(/C#N)c2nc3ccccc3s2)cc1[N+](=O)[O-]. The standard InChI is InChI=1S/C21H19N3O4S/c1-3-9-28-20-17(24(25)26)11-14(12-18(20)27-4-2)10-15(13-22)21-23-16-7-5-6-8-19(16)29-21/h5-8,10-12H,3-4,9H2,1-2H3/b15-10-. The number of rotatable bonds is 8. The van der Waals surface area contributed by atoms with E-state index in [2.05, 4.69) is 11.1 Å². The fraction of sp³-hybridized carbons (Fsp3) is 0.238. The van der Waals surface area contributed by atoms with E-state index in [9.17, 15) is 15.4 Å². The molecule has 0 radical (unpaired) electrons. The second-order valence-corrected chi connectivity index (χ2v) is 7.09. The van der Waals surface area contributed by atoms with Gasteiger partial charge in [0.25, 0.3) is 0 Å². The molecule has 0 atom stereocenters. The Balaban J connectivity index is 2.10. The van der Waals surface area contributed by atoms with Crippen LogP contribution in [0.25, 0.3) is 21.9 Å². The monoisotopic (exact) mass is 409 g/mol. The zero-order valence-corrected chi connectivity index (χ0v) is 16.9. The summed E-state index contributed by atoms with van der Waals surface area (Å²) < 4.78 is 12.1. The predicted octanol–water partition coefficient (Wildman–Crippen LogP) is 5.46. The Morgan fingerprint density at radius 2 is 2.10 bits per heavy atom. The van der Waals surface area contributed by atoms with Gasteiger partial charge in [-0.15, -0.1) is 11.3 Å². The van der Waals surface area contributed by atoms with Crippen molar-refractivity contribution in [3.05, 3.63) is 57.1 Å². The minimum absolute atomic E-state index is 0.106. The third kappa shape index (κ3) is 4.52. The van der Waals surface area contributed by atoms with Crippen LogP contribution in [0.2, 0.25) is 0 Å². The maximum absolute atomic E-state index is 11.6. The summed E-state index contributed by atoms with van der Waals surface area (Å²) >= 11 is 1.40. The molecule has 1 heterocycles. The van der Waals surface area contributed by atoms with Gasteiger partial charge < -0.3 is 9.47 Å². The number of aromatic nitrogens is 1. The van der Waals surface area contributed by atoms with Gasteiger partial charge in [0.1, 0.15) is 11.1 Å². The van der Waals surface area contributed by atoms with Gasteiger partial charge in [-0.3, -0.25) is 10.1 Å². The molecule has 8 heteroatoms. The highest BCUT2D eigenvalue weighted by atomic mass is 32.1. The number of para-hydroxylation sites is 1. The van der Waals surface area contributed by atoms with Crippen LogP contribution in [-0.4, -0.2) is 23.1 Å². The zero-order chi connectivity index (χ0) is 20.8. The Morgan fingerprint density at radius 3 is 2.76 bits per heavy atom. The molecule has 2 aromatic carbocycles. The normalized spacial score (nSPS) is 11.3. The van der Waals surface area contributed by atoms with Crippen molar-refractivity contribution in [2.45, 2.75) is 20.3 Å². The number of nitrogens with zero attached hydrogens (tertiary/aromatic N) is 3. The van der Waals surface area contributed by atoms with E-state index in [1.54, 1.807) is 19.1 Å². The van der Waals surface area contributed by atoms with Crippen LogP contribution in [-0.2, 0) is 0 Å². The van der Waals surface area contributed by atoms with E-state index in [4.69, 9.17) is 9.47 Å². The van der Waals surface area contributed by atoms with Crippen LogP contribution in [0.15, 0.2) is 36.4 Å². The Morgan fingerprint density at radius 1 is 1.31 bits per heavy atom. The molecule has 0 saturated carbocycles. The average molecular weight is 409 g/mol. The predicted molar refractivity (Wildman–Crippen MR) is 113 cm³/mol. The molecule has 0 saturated heterocycles. The third-order valence-corrected chi connectivity index (χ3v) is 5.03. The van der Waals surface area contributed by atoms with Crippen LogP contribution in [0.1, 0.15) is 30.8 Å². The van der Waals surface area contributed by atoms with Crippen molar-refractivity contribution in [1.29, 1.82) is 5.26 Å². The minimum atomic E-state index is -0.505. The van der Waals surface area contributed by atoms with Crippen molar-refractivity contribution >= 4 is 38.9 Å². The van der Waals surface area contributed by atoms with Crippen molar-refractivity contribution in [2.24, 2.45) is 0 Å². The van der Waals surface area contributed by atoms with E-state index < -0.39 is 4.92 Å². The topological polar surface area (TPSA) is 98.3 Å². The molecule has 7 nitrogen and oxygen atoms in total. The Kier molecular flexibility index (Phi) is 6.42. The number of hydrogen-bond donors (Lipinski definition) is 0. The van der Waals surface area contributed by atoms with Gasteiger partial charge >= 0.3 is 5.69 Å². The van der Waals surface area contributed by atoms with Crippen molar-refractivity contribution < 1.29 is 14.4 Å². The largest absolute Gasteiger partial charge is 0.490 e. The van der Waals surface area contributed by atoms with Crippen molar-refractivity contribution in [1.82, 2.24) is 4.98 Å². The van der Waals surface area contributed by atoms with Crippen molar-refractivity contribution in [3.8, 4) is 17.6 Å². The molecule has 148 valence electrons. The van der Waals surface area contributed by atoms with Gasteiger partial charge in [-0.1, -0.05) is 19.1 Å². The number of allylic oxidation sites excluding steroid dienone is 1. The number of ether oxygens (including phenoxy) is 2. The van der Waals surface area contributed by atoms with Gasteiger partial charge in [-0.2, -0.15) is 5.26 Å². The quantitative estimate of drug-likeness (QED) is 0.278. The summed E-state index contributed by atoms with van der Waals surface area (Å²) in [6.45, 7) is 4.38. The van der Waals surface area contributed by atoms with Gasteiger partial charge in [-0.05, 0) is 43.2 Å². The third-order valence-electron chi connectivity index (χ3n) is 3.96. The molecule has 0 fully saturated rings. The Hall–Kier alpha value is -3.44. The summed E-state index contributed by atoms with van der Waals surface area (Å²) in [6.07, 6.45) is 2.29. The molecule has 0 N–H and O–H groups in total. The number of fused-ring (bicyclic) bond motifs is 1. The lowest BCUT2D eigenvalue weighted by molar-refractivity contribution is -0.386. The zero-order valence-electron chi connectivity index (χ0n) is 16.0. The summed E-state index contributed by atoms with van der Waals surface area (Å²) in [5, 5.41) is 21.8. The summed E-state index contributed by atoms with van der Waals surface area (Å²) in [6, 6.07) is 12.8. The van der Waals surface area contributed by atoms with E-state index >= 15 is 0 Å². The number of nitro groups is 1. The lowest BCUT2D eigenvalue weighted by Gasteiger charge is -2.12. The van der Waals surface area contributed by atoms with E-state index in [0.717, 1.165) is 10.2 Å². The first kappa shape index (κ1) is 20.3.